The molecular weight excluding hydrogens is 188 g/mol. The van der Waals surface area contributed by atoms with Gasteiger partial charge in [-0.2, -0.15) is 0 Å². The Morgan fingerprint density at radius 3 is 1.47 bits per heavy atom. The van der Waals surface area contributed by atoms with Crippen molar-refractivity contribution < 1.29 is 9.59 Å². The van der Waals surface area contributed by atoms with Crippen molar-refractivity contribution in [1.29, 1.82) is 0 Å². The molecule has 0 heterocycles. The molecule has 0 spiro atoms. The highest BCUT2D eigenvalue weighted by Crippen LogP contribution is 2.52. The summed E-state index contributed by atoms with van der Waals surface area (Å²) in [6, 6.07) is 0. The zero-order valence-corrected chi connectivity index (χ0v) is 10.3. The third-order valence-electron chi connectivity index (χ3n) is 3.34. The summed E-state index contributed by atoms with van der Waals surface area (Å²) in [6.07, 6.45) is 3.35. The summed E-state index contributed by atoms with van der Waals surface area (Å²) >= 11 is 0. The predicted octanol–water partition coefficient (Wildman–Crippen LogP) is 3.00. The maximum absolute atomic E-state index is 11.6. The van der Waals surface area contributed by atoms with Crippen molar-refractivity contribution in [3.8, 4) is 0 Å². The number of ketones is 2. The first-order valence-corrected chi connectivity index (χ1v) is 5.92. The summed E-state index contributed by atoms with van der Waals surface area (Å²) in [4.78, 5) is 23.3. The fraction of sp³-hybridized carbons (Fsp3) is 0.846. The molecule has 0 aromatic rings. The van der Waals surface area contributed by atoms with Crippen LogP contribution in [0.1, 0.15) is 53.4 Å². The van der Waals surface area contributed by atoms with Gasteiger partial charge in [0.1, 0.15) is 11.6 Å². The van der Waals surface area contributed by atoms with Crippen LogP contribution >= 0.6 is 0 Å². The molecule has 1 rings (SSSR count). The molecule has 0 saturated heterocycles. The SMILES string of the molecule is CC(C)C(=O)CC1(CC(=O)C(C)C)CC1. The minimum Gasteiger partial charge on any atom is -0.299 e. The molecule has 0 bridgehead atoms. The Morgan fingerprint density at radius 2 is 1.27 bits per heavy atom. The van der Waals surface area contributed by atoms with Crippen LogP contribution in [-0.2, 0) is 9.59 Å². The van der Waals surface area contributed by atoms with E-state index >= 15 is 0 Å². The van der Waals surface area contributed by atoms with Crippen molar-refractivity contribution in [2.45, 2.75) is 53.4 Å². The number of carbonyl (C=O) groups excluding carboxylic acids is 2. The fourth-order valence-corrected chi connectivity index (χ4v) is 1.74. The molecule has 0 radical (unpaired) electrons. The monoisotopic (exact) mass is 210 g/mol. The van der Waals surface area contributed by atoms with Gasteiger partial charge in [-0.25, -0.2) is 0 Å². The highest BCUT2D eigenvalue weighted by Gasteiger charge is 2.45. The maximum Gasteiger partial charge on any atom is 0.135 e. The average molecular weight is 210 g/mol. The third kappa shape index (κ3) is 3.44. The second-order valence-electron chi connectivity index (χ2n) is 5.60. The molecule has 1 fully saturated rings. The molecule has 1 aliphatic carbocycles. The Bertz CT molecular complexity index is 236. The standard InChI is InChI=1S/C13H22O2/c1-9(2)11(14)7-13(5-6-13)8-12(15)10(3)4/h9-10H,5-8H2,1-4H3. The molecule has 2 nitrogen and oxygen atoms in total. The van der Waals surface area contributed by atoms with E-state index in [0.29, 0.717) is 24.4 Å². The van der Waals surface area contributed by atoms with Crippen molar-refractivity contribution in [2.24, 2.45) is 17.3 Å². The topological polar surface area (TPSA) is 34.1 Å². The van der Waals surface area contributed by atoms with Crippen LogP contribution in [0.3, 0.4) is 0 Å². The van der Waals surface area contributed by atoms with Gasteiger partial charge in [-0.15, -0.1) is 0 Å². The molecule has 0 unspecified atom stereocenters. The van der Waals surface area contributed by atoms with Crippen LogP contribution in [0.25, 0.3) is 0 Å². The highest BCUT2D eigenvalue weighted by atomic mass is 16.1. The average Bonchev–Trinajstić information content (AvgIpc) is 2.84. The van der Waals surface area contributed by atoms with E-state index < -0.39 is 0 Å². The van der Waals surface area contributed by atoms with Crippen molar-refractivity contribution in [2.75, 3.05) is 0 Å². The van der Waals surface area contributed by atoms with E-state index in [1.165, 1.54) is 0 Å². The summed E-state index contributed by atoms with van der Waals surface area (Å²) in [5, 5.41) is 0. The molecule has 1 aliphatic rings. The van der Waals surface area contributed by atoms with Crippen molar-refractivity contribution >= 4 is 11.6 Å². The van der Waals surface area contributed by atoms with E-state index in [4.69, 9.17) is 0 Å². The summed E-state index contributed by atoms with van der Waals surface area (Å²) in [5.74, 6) is 0.835. The maximum atomic E-state index is 11.6. The summed E-state index contributed by atoms with van der Waals surface area (Å²) < 4.78 is 0. The van der Waals surface area contributed by atoms with Crippen molar-refractivity contribution in [3.63, 3.8) is 0 Å². The van der Waals surface area contributed by atoms with Crippen LogP contribution in [0.15, 0.2) is 0 Å². The van der Waals surface area contributed by atoms with Gasteiger partial charge in [0, 0.05) is 24.7 Å². The Labute approximate surface area is 92.4 Å². The van der Waals surface area contributed by atoms with Gasteiger partial charge in [-0.05, 0) is 18.3 Å². The lowest BCUT2D eigenvalue weighted by Crippen LogP contribution is -2.19. The van der Waals surface area contributed by atoms with Crippen molar-refractivity contribution in [3.05, 3.63) is 0 Å². The van der Waals surface area contributed by atoms with Crippen LogP contribution < -0.4 is 0 Å². The smallest absolute Gasteiger partial charge is 0.135 e. The lowest BCUT2D eigenvalue weighted by Gasteiger charge is -2.16. The van der Waals surface area contributed by atoms with E-state index in [-0.39, 0.29) is 17.3 Å². The molecule has 0 atom stereocenters. The zero-order valence-electron chi connectivity index (χ0n) is 10.3. The molecule has 1 saturated carbocycles. The van der Waals surface area contributed by atoms with E-state index in [1.54, 1.807) is 0 Å². The minimum atomic E-state index is 0.0582. The van der Waals surface area contributed by atoms with E-state index in [2.05, 4.69) is 0 Å². The van der Waals surface area contributed by atoms with Gasteiger partial charge in [0.05, 0.1) is 0 Å². The normalized spacial score (nSPS) is 18.3. The number of hydrogen-bond acceptors (Lipinski definition) is 2. The first kappa shape index (κ1) is 12.4. The summed E-state index contributed by atoms with van der Waals surface area (Å²) in [6.45, 7) is 7.73. The van der Waals surface area contributed by atoms with E-state index in [9.17, 15) is 9.59 Å². The highest BCUT2D eigenvalue weighted by molar-refractivity contribution is 5.85. The van der Waals surface area contributed by atoms with E-state index in [1.807, 2.05) is 27.7 Å². The van der Waals surface area contributed by atoms with Gasteiger partial charge in [0.15, 0.2) is 0 Å². The first-order chi connectivity index (χ1) is 6.86. The second-order valence-corrected chi connectivity index (χ2v) is 5.60. The number of rotatable bonds is 6. The first-order valence-electron chi connectivity index (χ1n) is 5.92. The predicted molar refractivity (Wildman–Crippen MR) is 60.6 cm³/mol. The quantitative estimate of drug-likeness (QED) is 0.675. The second kappa shape index (κ2) is 4.46. The molecular formula is C13H22O2. The lowest BCUT2D eigenvalue weighted by molar-refractivity contribution is -0.125. The van der Waals surface area contributed by atoms with Crippen LogP contribution in [0.4, 0.5) is 0 Å². The molecule has 0 aromatic heterocycles. The Kier molecular flexibility index (Phi) is 3.69. The molecule has 0 aliphatic heterocycles. The van der Waals surface area contributed by atoms with Crippen molar-refractivity contribution in [1.82, 2.24) is 0 Å². The van der Waals surface area contributed by atoms with E-state index in [0.717, 1.165) is 12.8 Å². The lowest BCUT2D eigenvalue weighted by atomic mass is 9.87. The van der Waals surface area contributed by atoms with Crippen LogP contribution in [0, 0.1) is 17.3 Å². The molecule has 0 N–H and O–H groups in total. The van der Waals surface area contributed by atoms with Crippen LogP contribution in [0.5, 0.6) is 0 Å². The third-order valence-corrected chi connectivity index (χ3v) is 3.34. The largest absolute Gasteiger partial charge is 0.299 e. The van der Waals surface area contributed by atoms with Gasteiger partial charge in [0.2, 0.25) is 0 Å². The number of Topliss-reactive ketones (excluding diaryl/α,β-unsaturated/α-hetero) is 2. The van der Waals surface area contributed by atoms with Gasteiger partial charge < -0.3 is 0 Å². The van der Waals surface area contributed by atoms with Gasteiger partial charge in [-0.1, -0.05) is 27.7 Å². The van der Waals surface area contributed by atoms with Gasteiger partial charge >= 0.3 is 0 Å². The van der Waals surface area contributed by atoms with Gasteiger partial charge in [0.25, 0.3) is 0 Å². The Morgan fingerprint density at radius 1 is 0.933 bits per heavy atom. The molecule has 0 amide bonds. The number of hydrogen-bond donors (Lipinski definition) is 0. The summed E-state index contributed by atoms with van der Waals surface area (Å²) in [5.41, 5.74) is 0.0582. The number of carbonyl (C=O) groups is 2. The van der Waals surface area contributed by atoms with Crippen LogP contribution in [0.2, 0.25) is 0 Å². The molecule has 0 aromatic carbocycles. The zero-order chi connectivity index (χ0) is 11.6. The molecule has 15 heavy (non-hydrogen) atoms. The Hall–Kier alpha value is -0.660. The molecule has 86 valence electrons. The van der Waals surface area contributed by atoms with Crippen LogP contribution in [-0.4, -0.2) is 11.6 Å². The minimum absolute atomic E-state index is 0.0582. The fourth-order valence-electron chi connectivity index (χ4n) is 1.74. The Balaban J connectivity index is 2.47. The summed E-state index contributed by atoms with van der Waals surface area (Å²) in [7, 11) is 0. The molecule has 2 heteroatoms. The van der Waals surface area contributed by atoms with Gasteiger partial charge in [-0.3, -0.25) is 9.59 Å².